The van der Waals surface area contributed by atoms with Crippen LogP contribution < -0.4 is 5.32 Å². The van der Waals surface area contributed by atoms with Crippen LogP contribution in [0.25, 0.3) is 0 Å². The molecule has 7 nitrogen and oxygen atoms in total. The Labute approximate surface area is 174 Å². The molecule has 164 valence electrons. The molecule has 29 heavy (non-hydrogen) atoms. The van der Waals surface area contributed by atoms with E-state index in [0.29, 0.717) is 13.0 Å². The number of hydrogen-bond acceptors (Lipinski definition) is 5. The number of esters is 1. The number of carbonyl (C=O) groups is 3. The number of carbonyl (C=O) groups excluding carboxylic acids is 3. The van der Waals surface area contributed by atoms with Gasteiger partial charge in [-0.1, -0.05) is 26.3 Å². The summed E-state index contributed by atoms with van der Waals surface area (Å²) in [5.74, 6) is -0.456. The molecule has 1 saturated carbocycles. The van der Waals surface area contributed by atoms with Gasteiger partial charge in [0, 0.05) is 6.54 Å². The van der Waals surface area contributed by atoms with Gasteiger partial charge in [-0.25, -0.2) is 9.59 Å². The van der Waals surface area contributed by atoms with E-state index in [1.807, 2.05) is 6.08 Å². The molecule has 1 aliphatic carbocycles. The van der Waals surface area contributed by atoms with Crippen molar-refractivity contribution in [2.24, 2.45) is 17.3 Å². The minimum atomic E-state index is -0.723. The molecule has 0 aromatic carbocycles. The lowest BCUT2D eigenvalue weighted by atomic mass is 10.00. The van der Waals surface area contributed by atoms with Crippen molar-refractivity contribution in [3.63, 3.8) is 0 Å². The molecule has 0 radical (unpaired) electrons. The Bertz CT molecular complexity index is 652. The summed E-state index contributed by atoms with van der Waals surface area (Å²) in [6.45, 7) is 13.8. The maximum absolute atomic E-state index is 13.2. The first-order valence-electron chi connectivity index (χ1n) is 10.4. The first kappa shape index (κ1) is 23.2. The molecule has 0 bridgehead atoms. The van der Waals surface area contributed by atoms with Crippen LogP contribution >= 0.6 is 0 Å². The zero-order valence-electron chi connectivity index (χ0n) is 18.6. The Hall–Kier alpha value is -2.05. The molecule has 2 amide bonds. The van der Waals surface area contributed by atoms with E-state index in [0.717, 1.165) is 19.3 Å². The number of amides is 2. The topological polar surface area (TPSA) is 84.9 Å². The molecule has 0 aromatic heterocycles. The Kier molecular flexibility index (Phi) is 7.01. The van der Waals surface area contributed by atoms with Gasteiger partial charge in [0.15, 0.2) is 0 Å². The van der Waals surface area contributed by atoms with Crippen LogP contribution in [0.1, 0.15) is 60.3 Å². The monoisotopic (exact) mass is 408 g/mol. The second-order valence-corrected chi connectivity index (χ2v) is 9.69. The van der Waals surface area contributed by atoms with Crippen molar-refractivity contribution in [2.45, 2.75) is 78.0 Å². The summed E-state index contributed by atoms with van der Waals surface area (Å²) in [5, 5.41) is 2.84. The van der Waals surface area contributed by atoms with Crippen LogP contribution in [0.2, 0.25) is 0 Å². The van der Waals surface area contributed by atoms with Gasteiger partial charge in [-0.2, -0.15) is 0 Å². The number of ether oxygens (including phenoxy) is 2. The molecule has 2 rings (SSSR count). The molecular formula is C22H36N2O5. The molecule has 1 aliphatic heterocycles. The largest absolute Gasteiger partial charge is 0.467 e. The number of nitrogens with zero attached hydrogens (tertiary/aromatic N) is 1. The second kappa shape index (κ2) is 8.76. The number of rotatable bonds is 8. The zero-order chi connectivity index (χ0) is 22.0. The Morgan fingerprint density at radius 3 is 2.48 bits per heavy atom. The van der Waals surface area contributed by atoms with Crippen molar-refractivity contribution in [1.82, 2.24) is 10.2 Å². The lowest BCUT2D eigenvalue weighted by Gasteiger charge is -2.32. The summed E-state index contributed by atoms with van der Waals surface area (Å²) in [5.41, 5.74) is -0.647. The summed E-state index contributed by atoms with van der Waals surface area (Å²) < 4.78 is 10.4. The summed E-state index contributed by atoms with van der Waals surface area (Å²) in [4.78, 5) is 39.6. The summed E-state index contributed by atoms with van der Waals surface area (Å²) >= 11 is 0. The van der Waals surface area contributed by atoms with Crippen molar-refractivity contribution in [2.75, 3.05) is 13.7 Å². The molecular weight excluding hydrogens is 372 g/mol. The fraction of sp³-hybridized carbons (Fsp3) is 0.773. The van der Waals surface area contributed by atoms with Crippen molar-refractivity contribution in [3.05, 3.63) is 12.7 Å². The van der Waals surface area contributed by atoms with Crippen LogP contribution in [-0.4, -0.2) is 54.2 Å². The standard InChI is InChI=1S/C22H36N2O5/c1-8-9-10-11-12-15(19(26)28-7)23-18(25)17-16-14(22(16,5)6)13-24(17)20(27)29-21(2,3)4/h8,14-17H,1,9-13H2,2-7H3,(H,23,25)/t14?,15-,16-,17-/m0/s1. The molecule has 2 fully saturated rings. The average molecular weight is 409 g/mol. The van der Waals surface area contributed by atoms with E-state index in [-0.39, 0.29) is 23.2 Å². The first-order valence-corrected chi connectivity index (χ1v) is 10.4. The van der Waals surface area contributed by atoms with Gasteiger partial charge in [0.2, 0.25) is 5.91 Å². The predicted molar refractivity (Wildman–Crippen MR) is 110 cm³/mol. The third-order valence-corrected chi connectivity index (χ3v) is 6.06. The first-order chi connectivity index (χ1) is 13.4. The van der Waals surface area contributed by atoms with E-state index >= 15 is 0 Å². The van der Waals surface area contributed by atoms with Gasteiger partial charge in [0.1, 0.15) is 17.7 Å². The van der Waals surface area contributed by atoms with Crippen LogP contribution in [0.5, 0.6) is 0 Å². The van der Waals surface area contributed by atoms with Gasteiger partial charge >= 0.3 is 12.1 Å². The van der Waals surface area contributed by atoms with Gasteiger partial charge in [0.25, 0.3) is 0 Å². The third-order valence-electron chi connectivity index (χ3n) is 6.06. The lowest BCUT2D eigenvalue weighted by Crippen LogP contribution is -2.54. The molecule has 4 atom stereocenters. The number of piperidine rings is 1. The third kappa shape index (κ3) is 5.31. The quantitative estimate of drug-likeness (QED) is 0.378. The fourth-order valence-electron chi connectivity index (χ4n) is 4.38. The maximum atomic E-state index is 13.2. The number of methoxy groups -OCH3 is 1. The smallest absolute Gasteiger partial charge is 0.410 e. The molecule has 1 N–H and O–H groups in total. The van der Waals surface area contributed by atoms with Crippen molar-refractivity contribution in [3.8, 4) is 0 Å². The zero-order valence-corrected chi connectivity index (χ0v) is 18.6. The Balaban J connectivity index is 2.11. The van der Waals surface area contributed by atoms with Crippen LogP contribution in [0.15, 0.2) is 12.7 Å². The van der Waals surface area contributed by atoms with Crippen molar-refractivity contribution in [1.29, 1.82) is 0 Å². The number of nitrogens with one attached hydrogen (secondary N) is 1. The highest BCUT2D eigenvalue weighted by Gasteiger charge is 2.69. The van der Waals surface area contributed by atoms with Crippen LogP contribution in [0.4, 0.5) is 4.79 Å². The van der Waals surface area contributed by atoms with E-state index in [4.69, 9.17) is 9.47 Å². The number of allylic oxidation sites excluding steroid dienone is 1. The van der Waals surface area contributed by atoms with Gasteiger partial charge in [-0.15, -0.1) is 6.58 Å². The number of fused-ring (bicyclic) bond motifs is 1. The molecule has 1 heterocycles. The number of hydrogen-bond donors (Lipinski definition) is 1. The van der Waals surface area contributed by atoms with Crippen LogP contribution in [-0.2, 0) is 19.1 Å². The van der Waals surface area contributed by atoms with E-state index in [9.17, 15) is 14.4 Å². The molecule has 7 heteroatoms. The van der Waals surface area contributed by atoms with Crippen molar-refractivity contribution < 1.29 is 23.9 Å². The van der Waals surface area contributed by atoms with Gasteiger partial charge in [-0.3, -0.25) is 9.69 Å². The Morgan fingerprint density at radius 1 is 1.28 bits per heavy atom. The number of unbranched alkanes of at least 4 members (excludes halogenated alkanes) is 2. The maximum Gasteiger partial charge on any atom is 0.410 e. The summed E-state index contributed by atoms with van der Waals surface area (Å²) in [6, 6.07) is -1.36. The second-order valence-electron chi connectivity index (χ2n) is 9.69. The van der Waals surface area contributed by atoms with Gasteiger partial charge in [0.05, 0.1) is 7.11 Å². The van der Waals surface area contributed by atoms with E-state index in [1.165, 1.54) is 12.0 Å². The molecule has 0 spiro atoms. The molecule has 0 aromatic rings. The van der Waals surface area contributed by atoms with Crippen LogP contribution in [0, 0.1) is 17.3 Å². The van der Waals surface area contributed by atoms with Gasteiger partial charge in [-0.05, 0) is 57.3 Å². The lowest BCUT2D eigenvalue weighted by molar-refractivity contribution is -0.146. The van der Waals surface area contributed by atoms with E-state index in [2.05, 4.69) is 25.7 Å². The highest BCUT2D eigenvalue weighted by atomic mass is 16.6. The van der Waals surface area contributed by atoms with Crippen LogP contribution in [0.3, 0.4) is 0 Å². The Morgan fingerprint density at radius 2 is 1.93 bits per heavy atom. The minimum Gasteiger partial charge on any atom is -0.467 e. The molecule has 1 saturated heterocycles. The van der Waals surface area contributed by atoms with E-state index < -0.39 is 29.7 Å². The minimum absolute atomic E-state index is 0.00869. The summed E-state index contributed by atoms with van der Waals surface area (Å²) in [7, 11) is 1.31. The fourth-order valence-corrected chi connectivity index (χ4v) is 4.38. The highest BCUT2D eigenvalue weighted by molar-refractivity contribution is 5.91. The predicted octanol–water partition coefficient (Wildman–Crippen LogP) is 3.28. The van der Waals surface area contributed by atoms with Gasteiger partial charge < -0.3 is 14.8 Å². The highest BCUT2D eigenvalue weighted by Crippen LogP contribution is 2.65. The van der Waals surface area contributed by atoms with Crippen molar-refractivity contribution >= 4 is 18.0 Å². The number of likely N-dealkylation sites (tertiary alicyclic amines) is 1. The SMILES string of the molecule is C=CCCCC[C@H](NC(=O)[C@@H]1[C@@H]2C(CN1C(=O)OC(C)(C)C)C2(C)C)C(=O)OC. The average Bonchev–Trinajstić information content (AvgIpc) is 2.96. The molecule has 2 aliphatic rings. The molecule has 1 unspecified atom stereocenters. The summed E-state index contributed by atoms with van der Waals surface area (Å²) in [6.07, 6.45) is 4.35. The van der Waals surface area contributed by atoms with E-state index in [1.54, 1.807) is 20.8 Å². The normalized spacial score (nSPS) is 25.6.